The molecule has 20 heavy (non-hydrogen) atoms. The normalized spacial score (nSPS) is 11.8. The zero-order chi connectivity index (χ0) is 15.3. The van der Waals surface area contributed by atoms with Crippen molar-refractivity contribution in [2.24, 2.45) is 11.7 Å². The summed E-state index contributed by atoms with van der Waals surface area (Å²) in [5.74, 6) is -1.95. The second kappa shape index (κ2) is 6.85. The Balaban J connectivity index is 2.86. The summed E-state index contributed by atoms with van der Waals surface area (Å²) in [4.78, 5) is 38.0. The number of carbonyl (C=O) groups excluding carboxylic acids is 3. The smallest absolute Gasteiger partial charge is 0.342 e. The van der Waals surface area contributed by atoms with E-state index < -0.39 is 24.0 Å². The van der Waals surface area contributed by atoms with Crippen molar-refractivity contribution in [2.45, 2.75) is 20.0 Å². The number of primary amides is 1. The molecule has 0 radical (unpaired) electrons. The highest BCUT2D eigenvalue weighted by atomic mass is 35.5. The molecule has 0 saturated heterocycles. The van der Waals surface area contributed by atoms with E-state index in [1.54, 1.807) is 13.8 Å². The van der Waals surface area contributed by atoms with E-state index in [9.17, 15) is 14.4 Å². The van der Waals surface area contributed by atoms with Crippen LogP contribution in [0.15, 0.2) is 18.3 Å². The average molecular weight is 300 g/mol. The van der Waals surface area contributed by atoms with Gasteiger partial charge in [0.15, 0.2) is 6.10 Å². The highest BCUT2D eigenvalue weighted by Crippen LogP contribution is 2.16. The summed E-state index contributed by atoms with van der Waals surface area (Å²) < 4.78 is 5.06. The van der Waals surface area contributed by atoms with Crippen LogP contribution < -0.4 is 11.1 Å². The molecule has 1 unspecified atom stereocenters. The number of pyridine rings is 1. The quantitative estimate of drug-likeness (QED) is 0.639. The average Bonchev–Trinajstić information content (AvgIpc) is 2.34. The third-order valence-corrected chi connectivity index (χ3v) is 2.62. The molecule has 1 rings (SSSR count). The first-order valence-corrected chi connectivity index (χ1v) is 6.12. The minimum Gasteiger partial charge on any atom is -0.448 e. The second-order valence-corrected chi connectivity index (χ2v) is 4.62. The lowest BCUT2D eigenvalue weighted by Crippen LogP contribution is -2.45. The number of nitrogens with zero attached hydrogens (tertiary/aromatic N) is 1. The summed E-state index contributed by atoms with van der Waals surface area (Å²) in [6.45, 7) is 3.31. The van der Waals surface area contributed by atoms with Crippen molar-refractivity contribution < 1.29 is 19.1 Å². The number of nitrogens with two attached hydrogens (primary N) is 1. The molecule has 108 valence electrons. The Morgan fingerprint density at radius 3 is 2.55 bits per heavy atom. The van der Waals surface area contributed by atoms with Crippen LogP contribution in [0.5, 0.6) is 0 Å². The highest BCUT2D eigenvalue weighted by molar-refractivity contribution is 6.32. The van der Waals surface area contributed by atoms with Gasteiger partial charge in [0.1, 0.15) is 5.15 Å². The molecule has 0 aromatic carbocycles. The summed E-state index contributed by atoms with van der Waals surface area (Å²) in [5, 5.41) is 1.84. The molecular weight excluding hydrogens is 286 g/mol. The van der Waals surface area contributed by atoms with Crippen molar-refractivity contribution in [3.05, 3.63) is 29.0 Å². The zero-order valence-electron chi connectivity index (χ0n) is 10.9. The van der Waals surface area contributed by atoms with Gasteiger partial charge in [-0.3, -0.25) is 10.1 Å². The first-order valence-electron chi connectivity index (χ1n) is 5.74. The molecule has 0 spiro atoms. The number of hydrogen-bond donors (Lipinski definition) is 2. The van der Waals surface area contributed by atoms with Crippen molar-refractivity contribution in [3.8, 4) is 0 Å². The molecule has 1 heterocycles. The van der Waals surface area contributed by atoms with Crippen molar-refractivity contribution in [1.29, 1.82) is 0 Å². The predicted molar refractivity (Wildman–Crippen MR) is 71.0 cm³/mol. The van der Waals surface area contributed by atoms with Gasteiger partial charge in [0.05, 0.1) is 5.56 Å². The lowest BCUT2D eigenvalue weighted by Gasteiger charge is -2.19. The van der Waals surface area contributed by atoms with E-state index in [0.717, 1.165) is 0 Å². The molecule has 8 heteroatoms. The van der Waals surface area contributed by atoms with Gasteiger partial charge in [0.2, 0.25) is 0 Å². The first-order chi connectivity index (χ1) is 9.32. The van der Waals surface area contributed by atoms with Crippen LogP contribution in [0.4, 0.5) is 4.79 Å². The molecule has 1 atom stereocenters. The zero-order valence-corrected chi connectivity index (χ0v) is 11.7. The van der Waals surface area contributed by atoms with Crippen LogP contribution in [-0.4, -0.2) is 29.0 Å². The fourth-order valence-electron chi connectivity index (χ4n) is 1.40. The third kappa shape index (κ3) is 4.20. The molecule has 0 saturated carbocycles. The van der Waals surface area contributed by atoms with Crippen LogP contribution in [0.3, 0.4) is 0 Å². The van der Waals surface area contributed by atoms with Gasteiger partial charge in [0, 0.05) is 6.20 Å². The van der Waals surface area contributed by atoms with E-state index in [0.29, 0.717) is 0 Å². The van der Waals surface area contributed by atoms with Gasteiger partial charge < -0.3 is 10.5 Å². The summed E-state index contributed by atoms with van der Waals surface area (Å²) in [7, 11) is 0. The second-order valence-electron chi connectivity index (χ2n) is 4.27. The number of carbonyl (C=O) groups is 3. The van der Waals surface area contributed by atoms with E-state index in [1.807, 2.05) is 5.32 Å². The molecule has 3 amide bonds. The first kappa shape index (κ1) is 15.9. The molecule has 1 aromatic heterocycles. The molecule has 1 aromatic rings. The Morgan fingerprint density at radius 1 is 1.40 bits per heavy atom. The molecule has 0 aliphatic carbocycles. The maximum Gasteiger partial charge on any atom is 0.342 e. The SMILES string of the molecule is CC(C)C(OC(=O)c1cccnc1Cl)C(=O)NC(N)=O. The standard InChI is InChI=1S/C12H14ClN3O4/c1-6(2)8(10(17)16-12(14)19)20-11(18)7-4-3-5-15-9(7)13/h3-6,8H,1-2H3,(H3,14,16,17,19). The number of esters is 1. The number of halogens is 1. The molecule has 3 N–H and O–H groups in total. The third-order valence-electron chi connectivity index (χ3n) is 2.32. The van der Waals surface area contributed by atoms with Crippen LogP contribution >= 0.6 is 11.6 Å². The Bertz CT molecular complexity index is 533. The predicted octanol–water partition coefficient (Wildman–Crippen LogP) is 1.11. The molecule has 0 aliphatic rings. The number of nitrogens with one attached hydrogen (secondary N) is 1. The van der Waals surface area contributed by atoms with Gasteiger partial charge in [0.25, 0.3) is 5.91 Å². The van der Waals surface area contributed by atoms with Gasteiger partial charge in [-0.1, -0.05) is 25.4 Å². The van der Waals surface area contributed by atoms with E-state index in [4.69, 9.17) is 22.1 Å². The molecule has 7 nitrogen and oxygen atoms in total. The molecule has 0 fully saturated rings. The lowest BCUT2D eigenvalue weighted by atomic mass is 10.1. The summed E-state index contributed by atoms with van der Waals surface area (Å²) >= 11 is 5.76. The van der Waals surface area contributed by atoms with Crippen molar-refractivity contribution in [2.75, 3.05) is 0 Å². The number of amides is 3. The maximum absolute atomic E-state index is 11.9. The van der Waals surface area contributed by atoms with Crippen molar-refractivity contribution in [1.82, 2.24) is 10.3 Å². The Morgan fingerprint density at radius 2 is 2.05 bits per heavy atom. The highest BCUT2D eigenvalue weighted by Gasteiger charge is 2.28. The molecule has 0 aliphatic heterocycles. The van der Waals surface area contributed by atoms with Crippen LogP contribution in [0.25, 0.3) is 0 Å². The van der Waals surface area contributed by atoms with Gasteiger partial charge in [-0.15, -0.1) is 0 Å². The number of ether oxygens (including phenoxy) is 1. The van der Waals surface area contributed by atoms with E-state index in [-0.39, 0.29) is 16.6 Å². The largest absolute Gasteiger partial charge is 0.448 e. The summed E-state index contributed by atoms with van der Waals surface area (Å²) in [5.41, 5.74) is 4.89. The van der Waals surface area contributed by atoms with Crippen molar-refractivity contribution >= 4 is 29.5 Å². The van der Waals surface area contributed by atoms with Crippen molar-refractivity contribution in [3.63, 3.8) is 0 Å². The summed E-state index contributed by atoms with van der Waals surface area (Å²) in [6, 6.07) is 1.91. The fraction of sp³-hybridized carbons (Fsp3) is 0.333. The van der Waals surface area contributed by atoms with Gasteiger partial charge in [-0.25, -0.2) is 14.6 Å². The number of hydrogen-bond acceptors (Lipinski definition) is 5. The van der Waals surface area contributed by atoms with E-state index in [2.05, 4.69) is 4.98 Å². The molecule has 0 bridgehead atoms. The summed E-state index contributed by atoms with van der Waals surface area (Å²) in [6.07, 6.45) is 0.255. The number of aromatic nitrogens is 1. The van der Waals surface area contributed by atoms with Crippen LogP contribution in [-0.2, 0) is 9.53 Å². The number of rotatable bonds is 4. The topological polar surface area (TPSA) is 111 Å². The fourth-order valence-corrected chi connectivity index (χ4v) is 1.60. The van der Waals surface area contributed by atoms with Gasteiger partial charge >= 0.3 is 12.0 Å². The number of urea groups is 1. The van der Waals surface area contributed by atoms with Crippen LogP contribution in [0.2, 0.25) is 5.15 Å². The van der Waals surface area contributed by atoms with Crippen LogP contribution in [0, 0.1) is 5.92 Å². The van der Waals surface area contributed by atoms with E-state index >= 15 is 0 Å². The Kier molecular flexibility index (Phi) is 5.45. The van der Waals surface area contributed by atoms with Gasteiger partial charge in [-0.05, 0) is 18.1 Å². The Labute approximate surface area is 120 Å². The minimum atomic E-state index is -1.16. The van der Waals surface area contributed by atoms with E-state index in [1.165, 1.54) is 18.3 Å². The Hall–Kier alpha value is -2.15. The van der Waals surface area contributed by atoms with Gasteiger partial charge in [-0.2, -0.15) is 0 Å². The molecular formula is C12H14ClN3O4. The van der Waals surface area contributed by atoms with Crippen LogP contribution in [0.1, 0.15) is 24.2 Å². The number of imide groups is 1. The lowest BCUT2D eigenvalue weighted by molar-refractivity contribution is -0.130. The maximum atomic E-state index is 11.9. The monoisotopic (exact) mass is 299 g/mol. The minimum absolute atomic E-state index is 0.0321.